The highest BCUT2D eigenvalue weighted by molar-refractivity contribution is 7.12. The molecule has 1 fully saturated rings. The average molecular weight is 267 g/mol. The Balaban J connectivity index is 2.04. The van der Waals surface area contributed by atoms with Crippen LogP contribution >= 0.6 is 11.3 Å². The molecule has 1 aromatic heterocycles. The summed E-state index contributed by atoms with van der Waals surface area (Å²) in [5, 5.41) is 12.5. The van der Waals surface area contributed by atoms with E-state index >= 15 is 0 Å². The molecular weight excluding hydrogens is 246 g/mol. The summed E-state index contributed by atoms with van der Waals surface area (Å²) in [6.07, 6.45) is 4.31. The second-order valence-corrected chi connectivity index (χ2v) is 6.59. The van der Waals surface area contributed by atoms with Crippen molar-refractivity contribution in [1.29, 1.82) is 0 Å². The molecule has 2 atom stereocenters. The van der Waals surface area contributed by atoms with Gasteiger partial charge in [0.25, 0.3) is 5.91 Å². The van der Waals surface area contributed by atoms with E-state index in [9.17, 15) is 9.90 Å². The summed E-state index contributed by atoms with van der Waals surface area (Å²) >= 11 is 1.66. The Hall–Kier alpha value is -0.870. The normalized spacial score (nSPS) is 23.9. The topological polar surface area (TPSA) is 49.3 Å². The van der Waals surface area contributed by atoms with Crippen LogP contribution in [0.4, 0.5) is 0 Å². The SMILES string of the molecule is Cc1cc(C(=O)NC2CCCCC2CO)c(C)s1. The standard InChI is InChI=1S/C14H21NO2S/c1-9-7-12(10(2)18-9)14(17)15-13-6-4-3-5-11(13)8-16/h7,11,13,16H,3-6,8H2,1-2H3,(H,15,17). The zero-order chi connectivity index (χ0) is 13.1. The van der Waals surface area contributed by atoms with Crippen molar-refractivity contribution in [3.05, 3.63) is 21.4 Å². The van der Waals surface area contributed by atoms with Gasteiger partial charge in [0.15, 0.2) is 0 Å². The van der Waals surface area contributed by atoms with E-state index in [1.165, 1.54) is 4.88 Å². The fraction of sp³-hybridized carbons (Fsp3) is 0.643. The summed E-state index contributed by atoms with van der Waals surface area (Å²) in [6, 6.07) is 2.09. The smallest absolute Gasteiger partial charge is 0.252 e. The Labute approximate surface area is 112 Å². The van der Waals surface area contributed by atoms with Gasteiger partial charge in [0.1, 0.15) is 0 Å². The third-order valence-corrected chi connectivity index (χ3v) is 4.71. The first-order valence-corrected chi connectivity index (χ1v) is 7.42. The van der Waals surface area contributed by atoms with Gasteiger partial charge < -0.3 is 10.4 Å². The highest BCUT2D eigenvalue weighted by Gasteiger charge is 2.26. The lowest BCUT2D eigenvalue weighted by Gasteiger charge is -2.30. The molecule has 1 amide bonds. The molecule has 1 aliphatic carbocycles. The minimum absolute atomic E-state index is 0.0159. The van der Waals surface area contributed by atoms with Crippen molar-refractivity contribution in [1.82, 2.24) is 5.32 Å². The van der Waals surface area contributed by atoms with Crippen LogP contribution in [0.2, 0.25) is 0 Å². The molecule has 2 N–H and O–H groups in total. The number of amides is 1. The number of hydrogen-bond acceptors (Lipinski definition) is 3. The highest BCUT2D eigenvalue weighted by Crippen LogP contribution is 2.25. The van der Waals surface area contributed by atoms with Gasteiger partial charge in [-0.25, -0.2) is 0 Å². The van der Waals surface area contributed by atoms with Gasteiger partial charge in [-0.15, -0.1) is 11.3 Å². The van der Waals surface area contributed by atoms with Gasteiger partial charge >= 0.3 is 0 Å². The molecule has 1 heterocycles. The summed E-state index contributed by atoms with van der Waals surface area (Å²) in [6.45, 7) is 4.18. The molecule has 0 bridgehead atoms. The van der Waals surface area contributed by atoms with Crippen LogP contribution in [0.1, 0.15) is 45.8 Å². The molecule has 0 aromatic carbocycles. The number of carbonyl (C=O) groups is 1. The number of thiophene rings is 1. The van der Waals surface area contributed by atoms with Gasteiger partial charge in [-0.05, 0) is 32.8 Å². The minimum Gasteiger partial charge on any atom is -0.396 e. The summed E-state index contributed by atoms with van der Waals surface area (Å²) < 4.78 is 0. The Morgan fingerprint density at radius 3 is 2.78 bits per heavy atom. The van der Waals surface area contributed by atoms with Crippen LogP contribution in [0.25, 0.3) is 0 Å². The van der Waals surface area contributed by atoms with Gasteiger partial charge in [-0.1, -0.05) is 12.8 Å². The van der Waals surface area contributed by atoms with Gasteiger partial charge in [0, 0.05) is 28.3 Å². The van der Waals surface area contributed by atoms with Crippen LogP contribution in [0.15, 0.2) is 6.07 Å². The van der Waals surface area contributed by atoms with Crippen LogP contribution in [0.3, 0.4) is 0 Å². The fourth-order valence-electron chi connectivity index (χ4n) is 2.72. The van der Waals surface area contributed by atoms with Crippen LogP contribution in [0.5, 0.6) is 0 Å². The van der Waals surface area contributed by atoms with Crippen LogP contribution < -0.4 is 5.32 Å². The lowest BCUT2D eigenvalue weighted by atomic mass is 9.85. The molecule has 0 spiro atoms. The monoisotopic (exact) mass is 267 g/mol. The van der Waals surface area contributed by atoms with Crippen LogP contribution in [-0.2, 0) is 0 Å². The number of carbonyl (C=O) groups excluding carboxylic acids is 1. The van der Waals surface area contributed by atoms with Crippen molar-refractivity contribution < 1.29 is 9.90 Å². The van der Waals surface area contributed by atoms with E-state index in [4.69, 9.17) is 0 Å². The van der Waals surface area contributed by atoms with Gasteiger partial charge in [-0.3, -0.25) is 4.79 Å². The Morgan fingerprint density at radius 2 is 2.17 bits per heavy atom. The number of aliphatic hydroxyl groups is 1. The Bertz CT molecular complexity index is 427. The molecule has 3 nitrogen and oxygen atoms in total. The van der Waals surface area contributed by atoms with E-state index in [0.29, 0.717) is 0 Å². The molecule has 0 aliphatic heterocycles. The number of nitrogens with one attached hydrogen (secondary N) is 1. The molecule has 1 aliphatic rings. The van der Waals surface area contributed by atoms with E-state index < -0.39 is 0 Å². The highest BCUT2D eigenvalue weighted by atomic mass is 32.1. The Morgan fingerprint density at radius 1 is 1.44 bits per heavy atom. The second kappa shape index (κ2) is 5.85. The molecule has 2 rings (SSSR count). The lowest BCUT2D eigenvalue weighted by molar-refractivity contribution is 0.0872. The maximum atomic E-state index is 12.2. The second-order valence-electron chi connectivity index (χ2n) is 5.13. The molecule has 1 saturated carbocycles. The van der Waals surface area contributed by atoms with Crippen molar-refractivity contribution >= 4 is 17.2 Å². The predicted octanol–water partition coefficient (Wildman–Crippen LogP) is 2.65. The number of rotatable bonds is 3. The fourth-order valence-corrected chi connectivity index (χ4v) is 3.64. The van der Waals surface area contributed by atoms with Gasteiger partial charge in [-0.2, -0.15) is 0 Å². The zero-order valence-electron chi connectivity index (χ0n) is 11.0. The summed E-state index contributed by atoms with van der Waals surface area (Å²) in [7, 11) is 0. The molecule has 0 radical (unpaired) electrons. The summed E-state index contributed by atoms with van der Waals surface area (Å²) in [5.41, 5.74) is 0.791. The van der Waals surface area contributed by atoms with Crippen LogP contribution in [0, 0.1) is 19.8 Å². The third kappa shape index (κ3) is 2.93. The maximum Gasteiger partial charge on any atom is 0.252 e. The van der Waals surface area contributed by atoms with Crippen molar-refractivity contribution in [2.24, 2.45) is 5.92 Å². The molecule has 18 heavy (non-hydrogen) atoms. The molecule has 100 valence electrons. The molecular formula is C14H21NO2S. The Kier molecular flexibility index (Phi) is 4.40. The van der Waals surface area contributed by atoms with E-state index in [2.05, 4.69) is 5.32 Å². The van der Waals surface area contributed by atoms with E-state index in [0.717, 1.165) is 36.1 Å². The van der Waals surface area contributed by atoms with Crippen molar-refractivity contribution in [2.75, 3.05) is 6.61 Å². The summed E-state index contributed by atoms with van der Waals surface area (Å²) in [4.78, 5) is 14.5. The maximum absolute atomic E-state index is 12.2. The van der Waals surface area contributed by atoms with Gasteiger partial charge in [0.2, 0.25) is 0 Å². The minimum atomic E-state index is 0.0159. The zero-order valence-corrected chi connectivity index (χ0v) is 11.8. The first kappa shape index (κ1) is 13.6. The molecule has 0 saturated heterocycles. The number of hydrogen-bond donors (Lipinski definition) is 2. The van der Waals surface area contributed by atoms with Crippen molar-refractivity contribution in [3.8, 4) is 0 Å². The molecule has 2 unspecified atom stereocenters. The van der Waals surface area contributed by atoms with E-state index in [-0.39, 0.29) is 24.5 Å². The van der Waals surface area contributed by atoms with Crippen LogP contribution in [-0.4, -0.2) is 23.7 Å². The predicted molar refractivity (Wildman–Crippen MR) is 74.1 cm³/mol. The number of aryl methyl sites for hydroxylation is 2. The quantitative estimate of drug-likeness (QED) is 0.884. The van der Waals surface area contributed by atoms with Crippen molar-refractivity contribution in [2.45, 2.75) is 45.6 Å². The van der Waals surface area contributed by atoms with E-state index in [1.807, 2.05) is 19.9 Å². The first-order chi connectivity index (χ1) is 8.61. The average Bonchev–Trinajstić information content (AvgIpc) is 2.69. The first-order valence-electron chi connectivity index (χ1n) is 6.60. The molecule has 1 aromatic rings. The van der Waals surface area contributed by atoms with E-state index in [1.54, 1.807) is 11.3 Å². The van der Waals surface area contributed by atoms with Crippen molar-refractivity contribution in [3.63, 3.8) is 0 Å². The number of aliphatic hydroxyl groups excluding tert-OH is 1. The third-order valence-electron chi connectivity index (χ3n) is 3.75. The molecule has 4 heteroatoms. The van der Waals surface area contributed by atoms with Gasteiger partial charge in [0.05, 0.1) is 5.56 Å². The largest absolute Gasteiger partial charge is 0.396 e. The lowest BCUT2D eigenvalue weighted by Crippen LogP contribution is -2.43. The summed E-state index contributed by atoms with van der Waals surface area (Å²) in [5.74, 6) is 0.241.